The molecule has 0 radical (unpaired) electrons. The number of aliphatic hydroxyl groups excluding tert-OH is 1. The standard InChI is InChI=1S/C19H24ClFN4O3/c1-19(2,3)28-18(27)25-8-9-5-6-11(25)16(26)12(9)14-10-7-22-17(20)13(21)15(10)24(4)23-14/h7,9,11-12,16,26H,5-6,8H2,1-4H3. The van der Waals surface area contributed by atoms with Gasteiger partial charge in [-0.05, 0) is 39.5 Å². The molecular weight excluding hydrogens is 387 g/mol. The fraction of sp³-hybridized carbons (Fsp3) is 0.632. The number of carbonyl (C=O) groups excluding carboxylic acids is 1. The number of pyridine rings is 1. The van der Waals surface area contributed by atoms with Gasteiger partial charge >= 0.3 is 6.09 Å². The Labute approximate surface area is 167 Å². The molecule has 1 aliphatic carbocycles. The van der Waals surface area contributed by atoms with Crippen molar-refractivity contribution in [1.82, 2.24) is 19.7 Å². The number of carbonyl (C=O) groups is 1. The third-order valence-corrected chi connectivity index (χ3v) is 5.95. The Kier molecular flexibility index (Phi) is 4.54. The number of aromatic nitrogens is 3. The highest BCUT2D eigenvalue weighted by Crippen LogP contribution is 2.46. The van der Waals surface area contributed by atoms with Gasteiger partial charge in [-0.3, -0.25) is 4.68 Å². The van der Waals surface area contributed by atoms with E-state index in [2.05, 4.69) is 10.1 Å². The van der Waals surface area contributed by atoms with Gasteiger partial charge in [0, 0.05) is 31.1 Å². The first-order valence-electron chi connectivity index (χ1n) is 9.42. The molecule has 4 atom stereocenters. The van der Waals surface area contributed by atoms with Crippen LogP contribution in [0.2, 0.25) is 5.15 Å². The number of fused-ring (bicyclic) bond motifs is 4. The van der Waals surface area contributed by atoms with Crippen LogP contribution in [0.25, 0.3) is 10.9 Å². The van der Waals surface area contributed by atoms with E-state index >= 15 is 0 Å². The van der Waals surface area contributed by atoms with Crippen LogP contribution in [0.3, 0.4) is 0 Å². The number of nitrogens with zero attached hydrogens (tertiary/aromatic N) is 4. The highest BCUT2D eigenvalue weighted by Gasteiger charge is 2.51. The van der Waals surface area contributed by atoms with Crippen LogP contribution in [-0.2, 0) is 11.8 Å². The van der Waals surface area contributed by atoms with Gasteiger partial charge in [0.2, 0.25) is 0 Å². The number of aliphatic hydroxyl groups is 1. The van der Waals surface area contributed by atoms with Gasteiger partial charge in [0.1, 0.15) is 11.1 Å². The number of ether oxygens (including phenoxy) is 1. The topological polar surface area (TPSA) is 80.5 Å². The summed E-state index contributed by atoms with van der Waals surface area (Å²) in [7, 11) is 1.64. The van der Waals surface area contributed by atoms with Gasteiger partial charge in [-0.1, -0.05) is 11.6 Å². The molecule has 2 saturated heterocycles. The summed E-state index contributed by atoms with van der Waals surface area (Å²) < 4.78 is 21.4. The van der Waals surface area contributed by atoms with Gasteiger partial charge in [0.05, 0.1) is 17.8 Å². The molecule has 0 spiro atoms. The Bertz CT molecular complexity index is 939. The van der Waals surface area contributed by atoms with Crippen LogP contribution >= 0.6 is 11.6 Å². The van der Waals surface area contributed by atoms with Gasteiger partial charge in [0.25, 0.3) is 0 Å². The smallest absolute Gasteiger partial charge is 0.410 e. The number of hydrogen-bond acceptors (Lipinski definition) is 5. The van der Waals surface area contributed by atoms with Crippen LogP contribution in [0.15, 0.2) is 6.20 Å². The van der Waals surface area contributed by atoms with Crippen molar-refractivity contribution in [3.8, 4) is 0 Å². The largest absolute Gasteiger partial charge is 0.444 e. The molecule has 1 saturated carbocycles. The Morgan fingerprint density at radius 2 is 2.11 bits per heavy atom. The van der Waals surface area contributed by atoms with E-state index in [1.165, 1.54) is 10.9 Å². The van der Waals surface area contributed by atoms with Crippen molar-refractivity contribution in [3.05, 3.63) is 22.9 Å². The van der Waals surface area contributed by atoms with Crippen molar-refractivity contribution in [2.45, 2.75) is 57.3 Å². The second-order valence-electron chi connectivity index (χ2n) is 8.69. The molecule has 2 aromatic heterocycles. The molecule has 2 aliphatic heterocycles. The summed E-state index contributed by atoms with van der Waals surface area (Å²) in [5, 5.41) is 15.9. The third-order valence-electron chi connectivity index (χ3n) is 5.69. The third kappa shape index (κ3) is 3.03. The number of amides is 1. The van der Waals surface area contributed by atoms with Gasteiger partial charge in [-0.15, -0.1) is 0 Å². The summed E-state index contributed by atoms with van der Waals surface area (Å²) in [5.74, 6) is -0.917. The molecule has 2 bridgehead atoms. The van der Waals surface area contributed by atoms with Crippen molar-refractivity contribution in [3.63, 3.8) is 0 Å². The zero-order valence-electron chi connectivity index (χ0n) is 16.3. The fourth-order valence-electron chi connectivity index (χ4n) is 4.57. The number of rotatable bonds is 1. The van der Waals surface area contributed by atoms with Gasteiger partial charge in [-0.2, -0.15) is 5.10 Å². The van der Waals surface area contributed by atoms with Crippen LogP contribution in [0.5, 0.6) is 0 Å². The minimum absolute atomic E-state index is 0.00403. The van der Waals surface area contributed by atoms with Crippen molar-refractivity contribution >= 4 is 28.6 Å². The summed E-state index contributed by atoms with van der Waals surface area (Å²) in [5.41, 5.74) is 0.275. The lowest BCUT2D eigenvalue weighted by Crippen LogP contribution is -2.61. The van der Waals surface area contributed by atoms with Crippen molar-refractivity contribution in [2.75, 3.05) is 6.54 Å². The molecule has 1 N–H and O–H groups in total. The van der Waals surface area contributed by atoms with Crippen LogP contribution in [0, 0.1) is 11.7 Å². The molecule has 4 unspecified atom stereocenters. The van der Waals surface area contributed by atoms with Crippen LogP contribution in [-0.4, -0.2) is 55.2 Å². The summed E-state index contributed by atoms with van der Waals surface area (Å²) >= 11 is 5.82. The first kappa shape index (κ1) is 19.4. The lowest BCUT2D eigenvalue weighted by Gasteiger charge is -2.51. The summed E-state index contributed by atoms with van der Waals surface area (Å²) in [4.78, 5) is 18.1. The Morgan fingerprint density at radius 1 is 1.39 bits per heavy atom. The molecule has 3 aliphatic rings. The second-order valence-corrected chi connectivity index (χ2v) is 9.05. The lowest BCUT2D eigenvalue weighted by molar-refractivity contribution is -0.0779. The van der Waals surface area contributed by atoms with E-state index in [0.717, 1.165) is 6.42 Å². The Hall–Kier alpha value is -1.93. The summed E-state index contributed by atoms with van der Waals surface area (Å²) in [6.07, 6.45) is 1.84. The maximum absolute atomic E-state index is 14.5. The summed E-state index contributed by atoms with van der Waals surface area (Å²) in [6.45, 7) is 5.93. The minimum atomic E-state index is -0.808. The molecular formula is C19H24ClFN4O3. The first-order chi connectivity index (χ1) is 13.1. The fourth-order valence-corrected chi connectivity index (χ4v) is 4.71. The van der Waals surface area contributed by atoms with E-state index in [-0.39, 0.29) is 28.5 Å². The molecule has 0 aromatic carbocycles. The first-order valence-corrected chi connectivity index (χ1v) is 9.80. The highest BCUT2D eigenvalue weighted by atomic mass is 35.5. The maximum Gasteiger partial charge on any atom is 0.410 e. The van der Waals surface area contributed by atoms with E-state index in [1.807, 2.05) is 20.8 Å². The normalized spacial score (nSPS) is 27.5. The van der Waals surface area contributed by atoms with E-state index in [9.17, 15) is 14.3 Å². The Balaban J connectivity index is 1.68. The number of aryl methyl sites for hydroxylation is 1. The zero-order chi connectivity index (χ0) is 20.4. The van der Waals surface area contributed by atoms with Gasteiger partial charge in [0.15, 0.2) is 11.0 Å². The van der Waals surface area contributed by atoms with E-state index in [0.29, 0.717) is 24.0 Å². The quantitative estimate of drug-likeness (QED) is 0.730. The average molecular weight is 411 g/mol. The van der Waals surface area contributed by atoms with Crippen LogP contribution < -0.4 is 0 Å². The van der Waals surface area contributed by atoms with E-state index < -0.39 is 23.6 Å². The molecule has 9 heteroatoms. The van der Waals surface area contributed by atoms with Crippen molar-refractivity contribution < 1.29 is 19.0 Å². The number of halogens is 2. The van der Waals surface area contributed by atoms with Gasteiger partial charge in [-0.25, -0.2) is 14.2 Å². The van der Waals surface area contributed by atoms with Crippen LogP contribution in [0.4, 0.5) is 9.18 Å². The number of hydrogen-bond donors (Lipinski definition) is 1. The molecule has 4 heterocycles. The van der Waals surface area contributed by atoms with Crippen molar-refractivity contribution in [2.24, 2.45) is 13.0 Å². The summed E-state index contributed by atoms with van der Waals surface area (Å²) in [6, 6.07) is -0.355. The highest BCUT2D eigenvalue weighted by molar-refractivity contribution is 6.30. The van der Waals surface area contributed by atoms with E-state index in [1.54, 1.807) is 11.9 Å². The van der Waals surface area contributed by atoms with Crippen molar-refractivity contribution in [1.29, 1.82) is 0 Å². The molecule has 5 rings (SSSR count). The minimum Gasteiger partial charge on any atom is -0.444 e. The van der Waals surface area contributed by atoms with Gasteiger partial charge < -0.3 is 14.7 Å². The maximum atomic E-state index is 14.5. The zero-order valence-corrected chi connectivity index (χ0v) is 17.1. The average Bonchev–Trinajstić information content (AvgIpc) is 2.94. The molecule has 7 nitrogen and oxygen atoms in total. The van der Waals surface area contributed by atoms with E-state index in [4.69, 9.17) is 16.3 Å². The molecule has 2 aromatic rings. The molecule has 28 heavy (non-hydrogen) atoms. The predicted octanol–water partition coefficient (Wildman–Crippen LogP) is 3.23. The predicted molar refractivity (Wildman–Crippen MR) is 102 cm³/mol. The lowest BCUT2D eigenvalue weighted by atomic mass is 9.68. The molecule has 1 amide bonds. The molecule has 3 fully saturated rings. The Morgan fingerprint density at radius 3 is 2.75 bits per heavy atom. The monoisotopic (exact) mass is 410 g/mol. The molecule has 152 valence electrons. The SMILES string of the molecule is Cn1nc(C2C3CCC(C2O)N(C(=O)OC(C)(C)C)C3)c2cnc(Cl)c(F)c21. The second kappa shape index (κ2) is 6.56. The number of piperidine rings is 2. The van der Waals surface area contributed by atoms with Crippen LogP contribution in [0.1, 0.15) is 45.2 Å².